The fraction of sp³-hybridized carbons (Fsp3) is 0.400. The molecule has 0 bridgehead atoms. The summed E-state index contributed by atoms with van der Waals surface area (Å²) >= 11 is 0. The van der Waals surface area contributed by atoms with Gasteiger partial charge in [-0.2, -0.15) is 0 Å². The van der Waals surface area contributed by atoms with Gasteiger partial charge in [0.15, 0.2) is 11.5 Å². The van der Waals surface area contributed by atoms with Gasteiger partial charge < -0.3 is 20.3 Å². The molecule has 1 aliphatic rings. The molecule has 0 saturated heterocycles. The first-order valence-electron chi connectivity index (χ1n) is 4.47. The molecular weight excluding hydrogens is 182 g/mol. The molecule has 4 nitrogen and oxygen atoms in total. The largest absolute Gasteiger partial charge is 0.493 e. The number of nitrogens with two attached hydrogens (primary N) is 1. The third-order valence-corrected chi connectivity index (χ3v) is 2.37. The second-order valence-electron chi connectivity index (χ2n) is 3.30. The van der Waals surface area contributed by atoms with Crippen molar-refractivity contribution in [2.75, 3.05) is 13.7 Å². The summed E-state index contributed by atoms with van der Waals surface area (Å²) in [5.74, 6) is 1.23. The van der Waals surface area contributed by atoms with Crippen molar-refractivity contribution < 1.29 is 14.6 Å². The van der Waals surface area contributed by atoms with Gasteiger partial charge in [-0.1, -0.05) is 12.1 Å². The smallest absolute Gasteiger partial charge is 0.167 e. The molecule has 1 aromatic carbocycles. The molecule has 1 heterocycles. The number of ether oxygens (including phenoxy) is 2. The second-order valence-corrected chi connectivity index (χ2v) is 3.30. The molecule has 0 aromatic heterocycles. The van der Waals surface area contributed by atoms with Crippen LogP contribution in [0.2, 0.25) is 0 Å². The molecule has 1 aromatic rings. The van der Waals surface area contributed by atoms with Gasteiger partial charge in [0.2, 0.25) is 0 Å². The zero-order valence-corrected chi connectivity index (χ0v) is 7.93. The molecule has 2 rings (SSSR count). The Balaban J connectivity index is 2.47. The Morgan fingerprint density at radius 3 is 3.07 bits per heavy atom. The van der Waals surface area contributed by atoms with E-state index in [1.807, 2.05) is 6.07 Å². The van der Waals surface area contributed by atoms with E-state index in [0.29, 0.717) is 23.7 Å². The van der Waals surface area contributed by atoms with E-state index in [9.17, 15) is 5.11 Å². The molecule has 2 atom stereocenters. The van der Waals surface area contributed by atoms with Gasteiger partial charge in [0.05, 0.1) is 13.2 Å². The van der Waals surface area contributed by atoms with Crippen molar-refractivity contribution in [1.29, 1.82) is 0 Å². The first kappa shape index (κ1) is 9.30. The van der Waals surface area contributed by atoms with Gasteiger partial charge in [0.25, 0.3) is 0 Å². The minimum atomic E-state index is -0.672. The second kappa shape index (κ2) is 3.48. The minimum Gasteiger partial charge on any atom is -0.493 e. The van der Waals surface area contributed by atoms with E-state index in [4.69, 9.17) is 15.2 Å². The fourth-order valence-corrected chi connectivity index (χ4v) is 1.58. The highest BCUT2D eigenvalue weighted by molar-refractivity contribution is 5.49. The summed E-state index contributed by atoms with van der Waals surface area (Å²) in [6.45, 7) is 0.314. The number of aliphatic hydroxyl groups excluding tert-OH is 1. The molecule has 1 aliphatic heterocycles. The number of aliphatic hydroxyl groups is 1. The van der Waals surface area contributed by atoms with Crippen molar-refractivity contribution in [2.45, 2.75) is 12.1 Å². The van der Waals surface area contributed by atoms with Crippen LogP contribution < -0.4 is 15.2 Å². The lowest BCUT2D eigenvalue weighted by atomic mass is 9.99. The number of hydrogen-bond acceptors (Lipinski definition) is 4. The first-order chi connectivity index (χ1) is 6.74. The highest BCUT2D eigenvalue weighted by atomic mass is 16.5. The number of benzene rings is 1. The average Bonchev–Trinajstić information content (AvgIpc) is 2.23. The van der Waals surface area contributed by atoms with Crippen LogP contribution in [0.25, 0.3) is 0 Å². The van der Waals surface area contributed by atoms with Gasteiger partial charge in [0.1, 0.15) is 12.7 Å². The van der Waals surface area contributed by atoms with Crippen LogP contribution in [-0.2, 0) is 0 Å². The van der Waals surface area contributed by atoms with Gasteiger partial charge in [0, 0.05) is 5.56 Å². The molecule has 0 fully saturated rings. The van der Waals surface area contributed by atoms with E-state index in [1.54, 1.807) is 19.2 Å². The van der Waals surface area contributed by atoms with Gasteiger partial charge >= 0.3 is 0 Å². The predicted octanol–water partition coefficient (Wildman–Crippen LogP) is 0.448. The van der Waals surface area contributed by atoms with Crippen LogP contribution in [0.4, 0.5) is 0 Å². The minimum absolute atomic E-state index is 0.314. The van der Waals surface area contributed by atoms with Crippen LogP contribution in [0.1, 0.15) is 11.7 Å². The van der Waals surface area contributed by atoms with Crippen molar-refractivity contribution in [3.63, 3.8) is 0 Å². The third kappa shape index (κ3) is 1.32. The summed E-state index contributed by atoms with van der Waals surface area (Å²) in [7, 11) is 1.57. The van der Waals surface area contributed by atoms with E-state index < -0.39 is 6.10 Å². The summed E-state index contributed by atoms with van der Waals surface area (Å²) in [5, 5.41) is 9.79. The number of rotatable bonds is 1. The van der Waals surface area contributed by atoms with Crippen LogP contribution in [-0.4, -0.2) is 24.9 Å². The molecule has 4 heteroatoms. The molecule has 14 heavy (non-hydrogen) atoms. The zero-order chi connectivity index (χ0) is 10.1. The number of para-hydroxylation sites is 1. The normalized spacial score (nSPS) is 25.1. The maximum absolute atomic E-state index is 9.79. The molecule has 0 radical (unpaired) electrons. The summed E-state index contributed by atoms with van der Waals surface area (Å²) in [5.41, 5.74) is 6.37. The number of fused-ring (bicyclic) bond motifs is 1. The average molecular weight is 195 g/mol. The van der Waals surface area contributed by atoms with Crippen LogP contribution in [0.15, 0.2) is 18.2 Å². The molecule has 76 valence electrons. The number of methoxy groups -OCH3 is 1. The zero-order valence-electron chi connectivity index (χ0n) is 7.93. The lowest BCUT2D eigenvalue weighted by Gasteiger charge is -2.28. The Morgan fingerprint density at radius 1 is 1.57 bits per heavy atom. The SMILES string of the molecule is COc1cccc2c1OC[C@H](N)[C@@H]2O. The Morgan fingerprint density at radius 2 is 2.36 bits per heavy atom. The van der Waals surface area contributed by atoms with Gasteiger partial charge in [-0.25, -0.2) is 0 Å². The van der Waals surface area contributed by atoms with Crippen LogP contribution >= 0.6 is 0 Å². The van der Waals surface area contributed by atoms with E-state index in [-0.39, 0.29) is 6.04 Å². The van der Waals surface area contributed by atoms with Crippen LogP contribution in [0.3, 0.4) is 0 Å². The first-order valence-corrected chi connectivity index (χ1v) is 4.47. The monoisotopic (exact) mass is 195 g/mol. The summed E-state index contributed by atoms with van der Waals surface area (Å²) < 4.78 is 10.5. The summed E-state index contributed by atoms with van der Waals surface area (Å²) in [6.07, 6.45) is -0.672. The van der Waals surface area contributed by atoms with E-state index >= 15 is 0 Å². The highest BCUT2D eigenvalue weighted by Gasteiger charge is 2.28. The molecule has 0 unspecified atom stereocenters. The quantitative estimate of drug-likeness (QED) is 0.682. The topological polar surface area (TPSA) is 64.7 Å². The van der Waals surface area contributed by atoms with Crippen molar-refractivity contribution in [1.82, 2.24) is 0 Å². The van der Waals surface area contributed by atoms with Gasteiger partial charge in [-0.15, -0.1) is 0 Å². The Kier molecular flexibility index (Phi) is 2.31. The Hall–Kier alpha value is -1.26. The maximum Gasteiger partial charge on any atom is 0.167 e. The summed E-state index contributed by atoms with van der Waals surface area (Å²) in [6, 6.07) is 5.03. The molecule has 0 spiro atoms. The molecule has 0 aliphatic carbocycles. The van der Waals surface area contributed by atoms with Crippen molar-refractivity contribution >= 4 is 0 Å². The predicted molar refractivity (Wildman–Crippen MR) is 51.4 cm³/mol. The lowest BCUT2D eigenvalue weighted by molar-refractivity contribution is 0.0893. The van der Waals surface area contributed by atoms with Gasteiger partial charge in [-0.05, 0) is 6.07 Å². The fourth-order valence-electron chi connectivity index (χ4n) is 1.58. The van der Waals surface area contributed by atoms with Gasteiger partial charge in [-0.3, -0.25) is 0 Å². The number of hydrogen-bond donors (Lipinski definition) is 2. The van der Waals surface area contributed by atoms with Crippen molar-refractivity contribution in [3.05, 3.63) is 23.8 Å². The van der Waals surface area contributed by atoms with Crippen molar-refractivity contribution in [2.24, 2.45) is 5.73 Å². The van der Waals surface area contributed by atoms with Crippen LogP contribution in [0, 0.1) is 0 Å². The highest BCUT2D eigenvalue weighted by Crippen LogP contribution is 2.38. The standard InChI is InChI=1S/C10H13NO3/c1-13-8-4-2-3-6-9(12)7(11)5-14-10(6)8/h2-4,7,9,12H,5,11H2,1H3/t7-,9+/m0/s1. The van der Waals surface area contributed by atoms with Crippen molar-refractivity contribution in [3.8, 4) is 11.5 Å². The third-order valence-electron chi connectivity index (χ3n) is 2.37. The Labute approximate surface area is 82.2 Å². The molecular formula is C10H13NO3. The molecule has 0 saturated carbocycles. The lowest BCUT2D eigenvalue weighted by Crippen LogP contribution is -2.38. The van der Waals surface area contributed by atoms with E-state index in [1.165, 1.54) is 0 Å². The maximum atomic E-state index is 9.79. The molecule has 3 N–H and O–H groups in total. The summed E-state index contributed by atoms with van der Waals surface area (Å²) in [4.78, 5) is 0. The van der Waals surface area contributed by atoms with E-state index in [2.05, 4.69) is 0 Å². The molecule has 0 amide bonds. The Bertz CT molecular complexity index is 340. The van der Waals surface area contributed by atoms with E-state index in [0.717, 1.165) is 0 Å². The van der Waals surface area contributed by atoms with Crippen LogP contribution in [0.5, 0.6) is 11.5 Å².